The molecule has 0 radical (unpaired) electrons. The average molecular weight is 341 g/mol. The second-order valence-corrected chi connectivity index (χ2v) is 6.82. The first-order valence-corrected chi connectivity index (χ1v) is 8.77. The molecule has 2 aliphatic rings. The molecule has 2 aromatic heterocycles. The van der Waals surface area contributed by atoms with Crippen LogP contribution in [0.3, 0.4) is 0 Å². The zero-order valence-corrected chi connectivity index (χ0v) is 14.4. The zero-order valence-electron chi connectivity index (χ0n) is 14.4. The van der Waals surface area contributed by atoms with E-state index in [0.29, 0.717) is 12.6 Å². The lowest BCUT2D eigenvalue weighted by atomic mass is 10.1. The van der Waals surface area contributed by atoms with Gasteiger partial charge in [0, 0.05) is 32.3 Å². The maximum Gasteiger partial charge on any atom is 0.251 e. The number of amides is 1. The number of hydrogen-bond donors (Lipinski definition) is 0. The number of rotatable bonds is 5. The van der Waals surface area contributed by atoms with E-state index in [9.17, 15) is 4.79 Å². The van der Waals surface area contributed by atoms with Crippen LogP contribution in [-0.2, 0) is 22.6 Å². The van der Waals surface area contributed by atoms with Crippen molar-refractivity contribution in [1.82, 2.24) is 14.8 Å². The number of pyridine rings is 1. The molecular formula is C19H23N3O3. The lowest BCUT2D eigenvalue weighted by Crippen LogP contribution is -2.37. The van der Waals surface area contributed by atoms with Gasteiger partial charge in [0.1, 0.15) is 11.9 Å². The number of hydrogen-bond acceptors (Lipinski definition) is 5. The van der Waals surface area contributed by atoms with Crippen molar-refractivity contribution in [2.24, 2.45) is 0 Å². The molecule has 6 heteroatoms. The van der Waals surface area contributed by atoms with Gasteiger partial charge >= 0.3 is 0 Å². The minimum absolute atomic E-state index is 0.0398. The SMILES string of the molecule is CN(Cc1ccccn1)C(=O)[C@H]1C[C@H]2[C@H](CCN2Cc2ccco2)O1. The fraction of sp³-hybridized carbons (Fsp3) is 0.474. The Morgan fingerprint density at radius 1 is 1.36 bits per heavy atom. The van der Waals surface area contributed by atoms with Crippen LogP contribution in [0.1, 0.15) is 24.3 Å². The fourth-order valence-corrected chi connectivity index (χ4v) is 3.85. The van der Waals surface area contributed by atoms with Crippen molar-refractivity contribution in [1.29, 1.82) is 0 Å². The van der Waals surface area contributed by atoms with Crippen LogP contribution < -0.4 is 0 Å². The van der Waals surface area contributed by atoms with Gasteiger partial charge in [0.25, 0.3) is 5.91 Å². The fourth-order valence-electron chi connectivity index (χ4n) is 3.85. The molecule has 0 aromatic carbocycles. The highest BCUT2D eigenvalue weighted by atomic mass is 16.5. The van der Waals surface area contributed by atoms with Gasteiger partial charge in [-0.15, -0.1) is 0 Å². The molecule has 25 heavy (non-hydrogen) atoms. The molecule has 0 aliphatic carbocycles. The number of furan rings is 1. The lowest BCUT2D eigenvalue weighted by Gasteiger charge is -2.23. The molecule has 0 saturated carbocycles. The maximum atomic E-state index is 12.7. The second-order valence-electron chi connectivity index (χ2n) is 6.82. The van der Waals surface area contributed by atoms with Crippen LogP contribution in [0.15, 0.2) is 47.2 Å². The first-order chi connectivity index (χ1) is 12.2. The van der Waals surface area contributed by atoms with Crippen LogP contribution >= 0.6 is 0 Å². The zero-order chi connectivity index (χ0) is 17.2. The summed E-state index contributed by atoms with van der Waals surface area (Å²) in [5.74, 6) is 1.00. The van der Waals surface area contributed by atoms with Crippen molar-refractivity contribution in [2.45, 2.75) is 44.2 Å². The monoisotopic (exact) mass is 341 g/mol. The Morgan fingerprint density at radius 2 is 2.28 bits per heavy atom. The number of fused-ring (bicyclic) bond motifs is 1. The molecule has 2 aromatic rings. The van der Waals surface area contributed by atoms with E-state index in [1.54, 1.807) is 17.4 Å². The summed E-state index contributed by atoms with van der Waals surface area (Å²) in [6, 6.07) is 9.93. The van der Waals surface area contributed by atoms with E-state index in [2.05, 4.69) is 9.88 Å². The average Bonchev–Trinajstić information content (AvgIpc) is 3.34. The summed E-state index contributed by atoms with van der Waals surface area (Å²) in [7, 11) is 1.81. The normalized spacial score (nSPS) is 25.9. The minimum Gasteiger partial charge on any atom is -0.468 e. The minimum atomic E-state index is -0.358. The Kier molecular flexibility index (Phi) is 4.55. The molecule has 0 N–H and O–H groups in total. The molecule has 4 heterocycles. The standard InChI is InChI=1S/C19H23N3O3/c1-21(12-14-5-2-3-8-20-14)19(23)18-11-16-17(25-18)7-9-22(16)13-15-6-4-10-24-15/h2-6,8,10,16-18H,7,9,11-13H2,1H3/t16-,17-,18+/m0/s1. The molecule has 3 atom stereocenters. The number of carbonyl (C=O) groups excluding carboxylic acids is 1. The number of ether oxygens (including phenoxy) is 1. The van der Waals surface area contributed by atoms with E-state index in [0.717, 1.165) is 37.4 Å². The second kappa shape index (κ2) is 6.98. The van der Waals surface area contributed by atoms with Gasteiger partial charge < -0.3 is 14.1 Å². The first-order valence-electron chi connectivity index (χ1n) is 8.77. The molecule has 2 saturated heterocycles. The molecule has 4 rings (SSSR count). The predicted octanol–water partition coefficient (Wildman–Crippen LogP) is 2.06. The third kappa shape index (κ3) is 3.45. The van der Waals surface area contributed by atoms with Crippen molar-refractivity contribution in [3.05, 3.63) is 54.2 Å². The lowest BCUT2D eigenvalue weighted by molar-refractivity contribution is -0.142. The van der Waals surface area contributed by atoms with Crippen LogP contribution in [-0.4, -0.2) is 52.5 Å². The van der Waals surface area contributed by atoms with Crippen molar-refractivity contribution < 1.29 is 13.9 Å². The van der Waals surface area contributed by atoms with E-state index in [4.69, 9.17) is 9.15 Å². The third-order valence-corrected chi connectivity index (χ3v) is 5.11. The Hall–Kier alpha value is -2.18. The van der Waals surface area contributed by atoms with Crippen LogP contribution in [0.25, 0.3) is 0 Å². The van der Waals surface area contributed by atoms with E-state index in [1.807, 2.05) is 37.4 Å². The topological polar surface area (TPSA) is 58.8 Å². The molecule has 0 spiro atoms. The maximum absolute atomic E-state index is 12.7. The highest BCUT2D eigenvalue weighted by Gasteiger charge is 2.46. The quantitative estimate of drug-likeness (QED) is 0.833. The van der Waals surface area contributed by atoms with Crippen molar-refractivity contribution in [2.75, 3.05) is 13.6 Å². The molecular weight excluding hydrogens is 318 g/mol. The van der Waals surface area contributed by atoms with Crippen molar-refractivity contribution in [3.8, 4) is 0 Å². The van der Waals surface area contributed by atoms with Gasteiger partial charge in [0.15, 0.2) is 0 Å². The van der Waals surface area contributed by atoms with E-state index >= 15 is 0 Å². The summed E-state index contributed by atoms with van der Waals surface area (Å²) in [5.41, 5.74) is 0.885. The van der Waals surface area contributed by atoms with Gasteiger partial charge in [-0.2, -0.15) is 0 Å². The summed E-state index contributed by atoms with van der Waals surface area (Å²) < 4.78 is 11.5. The van der Waals surface area contributed by atoms with Crippen LogP contribution in [0.4, 0.5) is 0 Å². The number of nitrogens with zero attached hydrogens (tertiary/aromatic N) is 3. The Balaban J connectivity index is 1.36. The van der Waals surface area contributed by atoms with E-state index in [-0.39, 0.29) is 18.1 Å². The van der Waals surface area contributed by atoms with Gasteiger partial charge in [-0.1, -0.05) is 6.07 Å². The van der Waals surface area contributed by atoms with Crippen LogP contribution in [0, 0.1) is 0 Å². The van der Waals surface area contributed by atoms with Crippen LogP contribution in [0.5, 0.6) is 0 Å². The predicted molar refractivity (Wildman–Crippen MR) is 91.5 cm³/mol. The molecule has 2 aliphatic heterocycles. The van der Waals surface area contributed by atoms with Gasteiger partial charge in [0.2, 0.25) is 0 Å². The third-order valence-electron chi connectivity index (χ3n) is 5.11. The van der Waals surface area contributed by atoms with Crippen LogP contribution in [0.2, 0.25) is 0 Å². The summed E-state index contributed by atoms with van der Waals surface area (Å²) >= 11 is 0. The highest BCUT2D eigenvalue weighted by molar-refractivity contribution is 5.81. The Morgan fingerprint density at radius 3 is 3.04 bits per heavy atom. The molecule has 0 unspecified atom stereocenters. The number of aromatic nitrogens is 1. The number of carbonyl (C=O) groups is 1. The molecule has 132 valence electrons. The largest absolute Gasteiger partial charge is 0.468 e. The van der Waals surface area contributed by atoms with Gasteiger partial charge in [-0.05, 0) is 30.7 Å². The summed E-state index contributed by atoms with van der Waals surface area (Å²) in [5, 5.41) is 0. The number of likely N-dealkylation sites (N-methyl/N-ethyl adjacent to an activating group) is 1. The summed E-state index contributed by atoms with van der Waals surface area (Å²) in [6.45, 7) is 2.27. The van der Waals surface area contributed by atoms with E-state index in [1.165, 1.54) is 0 Å². The molecule has 0 bridgehead atoms. The first kappa shape index (κ1) is 16.3. The highest BCUT2D eigenvalue weighted by Crippen LogP contribution is 2.34. The Labute approximate surface area is 147 Å². The van der Waals surface area contributed by atoms with Gasteiger partial charge in [-0.25, -0.2) is 0 Å². The van der Waals surface area contributed by atoms with Gasteiger partial charge in [0.05, 0.1) is 31.2 Å². The summed E-state index contributed by atoms with van der Waals surface area (Å²) in [4.78, 5) is 21.1. The van der Waals surface area contributed by atoms with Crippen molar-refractivity contribution in [3.63, 3.8) is 0 Å². The molecule has 1 amide bonds. The van der Waals surface area contributed by atoms with Crippen molar-refractivity contribution >= 4 is 5.91 Å². The smallest absolute Gasteiger partial charge is 0.251 e. The van der Waals surface area contributed by atoms with Gasteiger partial charge in [-0.3, -0.25) is 14.7 Å². The summed E-state index contributed by atoms with van der Waals surface area (Å²) in [6.07, 6.45) is 4.95. The van der Waals surface area contributed by atoms with E-state index < -0.39 is 0 Å². The molecule has 2 fully saturated rings. The Bertz CT molecular complexity index is 704. The number of likely N-dealkylation sites (tertiary alicyclic amines) is 1. The molecule has 6 nitrogen and oxygen atoms in total.